The summed E-state index contributed by atoms with van der Waals surface area (Å²) in [4.78, 5) is 16.3. The lowest BCUT2D eigenvalue weighted by molar-refractivity contribution is -0.131. The van der Waals surface area contributed by atoms with Crippen molar-refractivity contribution in [2.45, 2.75) is 11.8 Å². The number of nitrogens with zero attached hydrogens (tertiary/aromatic N) is 3. The third-order valence-electron chi connectivity index (χ3n) is 5.00. The molecule has 0 aliphatic carbocycles. The minimum Gasteiger partial charge on any atom is -0.493 e. The molecule has 0 saturated heterocycles. The Kier molecular flexibility index (Phi) is 7.90. The molecule has 8 nitrogen and oxygen atoms in total. The first-order chi connectivity index (χ1) is 17.5. The standard InChI is InChI=1S/C26H19ClN4O4S/c1-34-22-12-16(6-11-21(22)35-15-19-5-3-2-4-18(19)14-28)13-23(25(32)33)36-26-29-24(30-31-26)17-7-9-20(27)10-8-17/h2-13H,15H2,1H3,(H,32,33)(H,29,30,31)/b23-13-. The third-order valence-corrected chi connectivity index (χ3v) is 6.13. The number of carboxylic acid groups (broad SMARTS) is 1. The van der Waals surface area contributed by atoms with Crippen molar-refractivity contribution in [3.05, 3.63) is 93.3 Å². The lowest BCUT2D eigenvalue weighted by Crippen LogP contribution is -2.00. The van der Waals surface area contributed by atoms with Crippen LogP contribution in [0.15, 0.2) is 76.8 Å². The molecule has 3 aromatic carbocycles. The number of ether oxygens (including phenoxy) is 2. The van der Waals surface area contributed by atoms with Gasteiger partial charge >= 0.3 is 5.97 Å². The Balaban J connectivity index is 1.52. The van der Waals surface area contributed by atoms with Crippen LogP contribution in [0, 0.1) is 11.3 Å². The third kappa shape index (κ3) is 6.05. The summed E-state index contributed by atoms with van der Waals surface area (Å²) in [7, 11) is 1.50. The molecule has 180 valence electrons. The van der Waals surface area contributed by atoms with Gasteiger partial charge in [0, 0.05) is 16.1 Å². The van der Waals surface area contributed by atoms with Crippen LogP contribution in [-0.2, 0) is 11.4 Å². The van der Waals surface area contributed by atoms with Gasteiger partial charge in [-0.3, -0.25) is 5.10 Å². The van der Waals surface area contributed by atoms with E-state index in [0.29, 0.717) is 33.5 Å². The van der Waals surface area contributed by atoms with Gasteiger partial charge in [0.05, 0.1) is 18.7 Å². The van der Waals surface area contributed by atoms with Crippen LogP contribution in [-0.4, -0.2) is 33.4 Å². The number of aromatic amines is 1. The molecule has 1 aromatic heterocycles. The zero-order valence-electron chi connectivity index (χ0n) is 18.9. The van der Waals surface area contributed by atoms with E-state index in [1.807, 2.05) is 12.1 Å². The molecule has 10 heteroatoms. The highest BCUT2D eigenvalue weighted by molar-refractivity contribution is 8.04. The van der Waals surface area contributed by atoms with E-state index in [0.717, 1.165) is 22.9 Å². The van der Waals surface area contributed by atoms with Crippen LogP contribution in [0.5, 0.6) is 11.5 Å². The Bertz CT molecular complexity index is 1460. The van der Waals surface area contributed by atoms with E-state index >= 15 is 0 Å². The highest BCUT2D eigenvalue weighted by atomic mass is 35.5. The highest BCUT2D eigenvalue weighted by Gasteiger charge is 2.15. The largest absolute Gasteiger partial charge is 0.493 e. The normalized spacial score (nSPS) is 11.1. The van der Waals surface area contributed by atoms with Gasteiger partial charge in [-0.2, -0.15) is 5.26 Å². The van der Waals surface area contributed by atoms with Crippen LogP contribution < -0.4 is 9.47 Å². The van der Waals surface area contributed by atoms with Crippen molar-refractivity contribution in [1.82, 2.24) is 15.2 Å². The summed E-state index contributed by atoms with van der Waals surface area (Å²) in [5, 5.41) is 26.8. The van der Waals surface area contributed by atoms with Gasteiger partial charge in [-0.25, -0.2) is 9.78 Å². The number of halogens is 1. The van der Waals surface area contributed by atoms with Crippen LogP contribution in [0.4, 0.5) is 0 Å². The fourth-order valence-electron chi connectivity index (χ4n) is 3.22. The van der Waals surface area contributed by atoms with E-state index < -0.39 is 5.97 Å². The smallest absolute Gasteiger partial charge is 0.342 e. The molecule has 4 aromatic rings. The van der Waals surface area contributed by atoms with Crippen molar-refractivity contribution < 1.29 is 19.4 Å². The quantitative estimate of drug-likeness (QED) is 0.210. The minimum atomic E-state index is -1.12. The van der Waals surface area contributed by atoms with Crippen LogP contribution in [0.1, 0.15) is 16.7 Å². The number of carbonyl (C=O) groups is 1. The monoisotopic (exact) mass is 518 g/mol. The van der Waals surface area contributed by atoms with Gasteiger partial charge in [0.1, 0.15) is 11.5 Å². The van der Waals surface area contributed by atoms with Crippen molar-refractivity contribution >= 4 is 35.4 Å². The van der Waals surface area contributed by atoms with Gasteiger partial charge < -0.3 is 14.6 Å². The van der Waals surface area contributed by atoms with Crippen LogP contribution >= 0.6 is 23.4 Å². The molecule has 0 fully saturated rings. The average molecular weight is 519 g/mol. The molecule has 36 heavy (non-hydrogen) atoms. The van der Waals surface area contributed by atoms with Crippen LogP contribution in [0.25, 0.3) is 17.5 Å². The van der Waals surface area contributed by atoms with Crippen molar-refractivity contribution in [2.24, 2.45) is 0 Å². The molecule has 0 saturated carbocycles. The number of nitriles is 1. The molecule has 4 rings (SSSR count). The number of hydrogen-bond donors (Lipinski definition) is 2. The molecular formula is C26H19ClN4O4S. The number of carboxylic acids is 1. The molecule has 0 spiro atoms. The lowest BCUT2D eigenvalue weighted by Gasteiger charge is -2.12. The Morgan fingerprint density at radius 1 is 1.17 bits per heavy atom. The van der Waals surface area contributed by atoms with Crippen molar-refractivity contribution in [1.29, 1.82) is 5.26 Å². The minimum absolute atomic E-state index is 0.0234. The van der Waals surface area contributed by atoms with Gasteiger partial charge in [0.2, 0.25) is 5.16 Å². The summed E-state index contributed by atoms with van der Waals surface area (Å²) in [6.45, 7) is 0.187. The van der Waals surface area contributed by atoms with Crippen LogP contribution in [0.2, 0.25) is 5.02 Å². The molecule has 0 aliphatic rings. The summed E-state index contributed by atoms with van der Waals surface area (Å²) in [6, 6.07) is 21.4. The Morgan fingerprint density at radius 2 is 1.94 bits per heavy atom. The maximum atomic E-state index is 11.9. The Hall–Kier alpha value is -4.26. The molecule has 2 N–H and O–H groups in total. The fourth-order valence-corrected chi connectivity index (χ4v) is 4.05. The first-order valence-corrected chi connectivity index (χ1v) is 11.8. The number of nitrogens with one attached hydrogen (secondary N) is 1. The summed E-state index contributed by atoms with van der Waals surface area (Å²) in [6.07, 6.45) is 1.50. The number of hydrogen-bond acceptors (Lipinski definition) is 7. The first kappa shape index (κ1) is 24.9. The van der Waals surface area contributed by atoms with Crippen molar-refractivity contribution in [3.63, 3.8) is 0 Å². The Morgan fingerprint density at radius 3 is 2.67 bits per heavy atom. The average Bonchev–Trinajstić information content (AvgIpc) is 3.36. The summed E-state index contributed by atoms with van der Waals surface area (Å²) >= 11 is 6.84. The van der Waals surface area contributed by atoms with E-state index in [1.54, 1.807) is 54.6 Å². The SMILES string of the molecule is COc1cc(/C=C(\Sc2n[nH]c(-c3ccc(Cl)cc3)n2)C(=O)O)ccc1OCc1ccccc1C#N. The molecule has 0 bridgehead atoms. The fraction of sp³-hybridized carbons (Fsp3) is 0.0769. The highest BCUT2D eigenvalue weighted by Crippen LogP contribution is 2.32. The first-order valence-electron chi connectivity index (χ1n) is 10.6. The molecule has 0 aliphatic heterocycles. The van der Waals surface area contributed by atoms with E-state index in [9.17, 15) is 15.2 Å². The summed E-state index contributed by atoms with van der Waals surface area (Å²) in [5.41, 5.74) is 2.65. The zero-order chi connectivity index (χ0) is 25.5. The molecule has 0 atom stereocenters. The number of H-pyrrole nitrogens is 1. The maximum Gasteiger partial charge on any atom is 0.342 e. The summed E-state index contributed by atoms with van der Waals surface area (Å²) < 4.78 is 11.3. The van der Waals surface area contributed by atoms with Gasteiger partial charge in [-0.15, -0.1) is 5.10 Å². The van der Waals surface area contributed by atoms with E-state index in [4.69, 9.17) is 21.1 Å². The predicted octanol–water partition coefficient (Wildman–Crippen LogP) is 5.80. The van der Waals surface area contributed by atoms with Crippen LogP contribution in [0.3, 0.4) is 0 Å². The van der Waals surface area contributed by atoms with Gasteiger partial charge in [-0.05, 0) is 65.9 Å². The summed E-state index contributed by atoms with van der Waals surface area (Å²) in [5.74, 6) is 0.273. The number of aliphatic carboxylic acids is 1. The second-order valence-electron chi connectivity index (χ2n) is 7.36. The van der Waals surface area contributed by atoms with Crippen molar-refractivity contribution in [2.75, 3.05) is 7.11 Å². The van der Waals surface area contributed by atoms with E-state index in [-0.39, 0.29) is 16.7 Å². The second-order valence-corrected chi connectivity index (χ2v) is 8.80. The number of methoxy groups -OCH3 is 1. The van der Waals surface area contributed by atoms with Gasteiger partial charge in [0.25, 0.3) is 0 Å². The molecule has 0 unspecified atom stereocenters. The number of aromatic nitrogens is 3. The predicted molar refractivity (Wildman–Crippen MR) is 137 cm³/mol. The number of thioether (sulfide) groups is 1. The topological polar surface area (TPSA) is 121 Å². The van der Waals surface area contributed by atoms with E-state index in [1.165, 1.54) is 13.2 Å². The molecule has 1 heterocycles. The lowest BCUT2D eigenvalue weighted by atomic mass is 10.1. The molecular weight excluding hydrogens is 500 g/mol. The number of rotatable bonds is 9. The second kappa shape index (κ2) is 11.4. The zero-order valence-corrected chi connectivity index (χ0v) is 20.5. The Labute approximate surface area is 216 Å². The molecule has 0 amide bonds. The maximum absolute atomic E-state index is 11.9. The van der Waals surface area contributed by atoms with E-state index in [2.05, 4.69) is 21.3 Å². The van der Waals surface area contributed by atoms with Gasteiger partial charge in [-0.1, -0.05) is 35.9 Å². The molecule has 0 radical (unpaired) electrons. The van der Waals surface area contributed by atoms with Gasteiger partial charge in [0.15, 0.2) is 17.3 Å². The van der Waals surface area contributed by atoms with Crippen molar-refractivity contribution in [3.8, 4) is 29.0 Å². The number of benzene rings is 3.